The topological polar surface area (TPSA) is 199 Å². The number of aromatic amines is 1. The van der Waals surface area contributed by atoms with Crippen LogP contribution in [0.3, 0.4) is 0 Å². The maximum atomic E-state index is 14.7. The molecule has 4 aromatic heterocycles. The van der Waals surface area contributed by atoms with E-state index in [4.69, 9.17) is 39.4 Å². The monoisotopic (exact) mass is 657 g/mol. The molecule has 3 aliphatic rings. The number of aromatic nitrogens is 7. The SMILES string of the molecule is CNc1ncnc2c1ncn2[C@H]1C[C@@H]2O[P+](=O)OC[C@@H]3C[C@@H](OP(O)(=S)OC[C@H]2O1)[C@H](n1cc(F)c2c(=O)[nH]cnc21)O3. The molecule has 17 nitrogen and oxygen atoms in total. The molecule has 7 heterocycles. The number of H-pyrrole nitrogens is 1. The fraction of sp³-hybridized carbons (Fsp3) is 0.500. The number of rotatable bonds is 3. The van der Waals surface area contributed by atoms with E-state index in [0.29, 0.717) is 17.0 Å². The molecule has 7 rings (SSSR count). The smallest absolute Gasteiger partial charge is 0.371 e. The zero-order valence-electron chi connectivity index (χ0n) is 22.2. The lowest BCUT2D eigenvalue weighted by atomic mass is 10.2. The molecule has 3 N–H and O–H groups in total. The van der Waals surface area contributed by atoms with Crippen LogP contribution >= 0.6 is 15.0 Å². The second kappa shape index (κ2) is 11.3. The third kappa shape index (κ3) is 5.39. The van der Waals surface area contributed by atoms with Gasteiger partial charge in [-0.1, -0.05) is 0 Å². The molecule has 0 aliphatic carbocycles. The van der Waals surface area contributed by atoms with Gasteiger partial charge in [-0.15, -0.1) is 9.05 Å². The number of hydrogen-bond acceptors (Lipinski definition) is 14. The Balaban J connectivity index is 1.15. The van der Waals surface area contributed by atoms with E-state index in [-0.39, 0.29) is 37.1 Å². The lowest BCUT2D eigenvalue weighted by molar-refractivity contribution is -0.0574. The molecular formula is C22H24FN8O9P2S+. The summed E-state index contributed by atoms with van der Waals surface area (Å²) in [4.78, 5) is 42.5. The fourth-order valence-electron chi connectivity index (χ4n) is 5.44. The van der Waals surface area contributed by atoms with Crippen LogP contribution in [0, 0.1) is 5.82 Å². The van der Waals surface area contributed by atoms with Gasteiger partial charge in [0.05, 0.1) is 25.4 Å². The van der Waals surface area contributed by atoms with Crippen LogP contribution in [0.4, 0.5) is 10.2 Å². The molecule has 21 heteroatoms. The number of hydrogen-bond donors (Lipinski definition) is 3. The number of fused-ring (bicyclic) bond motifs is 5. The largest absolute Gasteiger partial charge is 0.697 e. The van der Waals surface area contributed by atoms with E-state index in [2.05, 4.69) is 30.2 Å². The molecular weight excluding hydrogens is 633 g/mol. The van der Waals surface area contributed by atoms with E-state index in [1.165, 1.54) is 10.9 Å². The zero-order chi connectivity index (χ0) is 29.9. The van der Waals surface area contributed by atoms with Gasteiger partial charge < -0.3 is 38.3 Å². The second-order valence-corrected chi connectivity index (χ2v) is 13.6. The minimum Gasteiger partial charge on any atom is -0.371 e. The summed E-state index contributed by atoms with van der Waals surface area (Å²) in [5.74, 6) is -0.290. The Morgan fingerprint density at radius 3 is 2.84 bits per heavy atom. The highest BCUT2D eigenvalue weighted by Gasteiger charge is 2.48. The summed E-state index contributed by atoms with van der Waals surface area (Å²) in [7, 11) is -0.934. The number of nitrogens with one attached hydrogen (secondary N) is 2. The van der Waals surface area contributed by atoms with Gasteiger partial charge in [0.1, 0.15) is 48.4 Å². The molecule has 0 amide bonds. The molecule has 43 heavy (non-hydrogen) atoms. The molecule has 0 saturated carbocycles. The standard InChI is InChI=1S/C22H23FN8O9P2S/c1-24-18-17-20(27-7-25-18)31(9-29-17)15-3-12-14(38-15)6-36-42(34,43)40-13-2-10(5-35-41(33)39-12)37-22(13)30-4-11(23)16-19(30)26-8-28-21(16)32/h4,7-10,12-15,22H,2-3,5-6H2,1H3,(H2-,24,25,26,27,28,32,34,43)/p+1/t10-,12-,13+,14+,15+,22+,42?/m0/s1. The molecule has 0 aromatic carbocycles. The summed E-state index contributed by atoms with van der Waals surface area (Å²) in [6.45, 7) is -4.42. The first-order chi connectivity index (χ1) is 20.7. The molecule has 2 unspecified atom stereocenters. The van der Waals surface area contributed by atoms with Crippen molar-refractivity contribution in [1.82, 2.24) is 34.1 Å². The maximum Gasteiger partial charge on any atom is 0.697 e. The Labute approximate surface area is 246 Å². The Morgan fingerprint density at radius 2 is 2.00 bits per heavy atom. The predicted molar refractivity (Wildman–Crippen MR) is 148 cm³/mol. The first-order valence-electron chi connectivity index (χ1n) is 13.0. The Hall–Kier alpha value is -2.83. The molecule has 3 saturated heterocycles. The summed E-state index contributed by atoms with van der Waals surface area (Å²) < 4.78 is 65.6. The van der Waals surface area contributed by atoms with E-state index in [1.807, 2.05) is 0 Å². The first kappa shape index (κ1) is 28.9. The number of anilines is 1. The maximum absolute atomic E-state index is 14.7. The minimum absolute atomic E-state index is 0.00326. The quantitative estimate of drug-likeness (QED) is 0.270. The Kier molecular flexibility index (Phi) is 7.58. The molecule has 0 radical (unpaired) electrons. The van der Waals surface area contributed by atoms with Gasteiger partial charge in [-0.3, -0.25) is 9.36 Å². The van der Waals surface area contributed by atoms with Crippen LogP contribution in [-0.4, -0.2) is 83.6 Å². The molecule has 228 valence electrons. The molecule has 2 bridgehead atoms. The van der Waals surface area contributed by atoms with Crippen molar-refractivity contribution < 1.29 is 41.4 Å². The molecule has 0 spiro atoms. The van der Waals surface area contributed by atoms with Crippen LogP contribution < -0.4 is 10.9 Å². The van der Waals surface area contributed by atoms with Gasteiger partial charge in [0.2, 0.25) is 0 Å². The molecule has 8 atom stereocenters. The minimum atomic E-state index is -3.95. The van der Waals surface area contributed by atoms with Gasteiger partial charge >= 0.3 is 15.0 Å². The second-order valence-electron chi connectivity index (χ2n) is 9.93. The highest BCUT2D eigenvalue weighted by molar-refractivity contribution is 8.07. The highest BCUT2D eigenvalue weighted by Crippen LogP contribution is 2.51. The van der Waals surface area contributed by atoms with Crippen molar-refractivity contribution in [3.05, 3.63) is 41.3 Å². The van der Waals surface area contributed by atoms with Gasteiger partial charge in [-0.2, -0.15) is 0 Å². The van der Waals surface area contributed by atoms with Crippen LogP contribution in [0.25, 0.3) is 22.2 Å². The van der Waals surface area contributed by atoms with Gasteiger partial charge in [-0.25, -0.2) is 24.3 Å². The molecule has 4 aromatic rings. The van der Waals surface area contributed by atoms with Crippen LogP contribution in [0.5, 0.6) is 0 Å². The van der Waals surface area contributed by atoms with E-state index in [9.17, 15) is 18.6 Å². The summed E-state index contributed by atoms with van der Waals surface area (Å²) in [6.07, 6.45) is 0.417. The summed E-state index contributed by atoms with van der Waals surface area (Å²) in [5.41, 5.74) is 0.352. The normalized spacial score (nSPS) is 32.8. The van der Waals surface area contributed by atoms with Crippen molar-refractivity contribution >= 4 is 54.8 Å². The number of ether oxygens (including phenoxy) is 2. The highest BCUT2D eigenvalue weighted by atomic mass is 32.5. The molecule has 3 fully saturated rings. The van der Waals surface area contributed by atoms with E-state index < -0.39 is 63.2 Å². The summed E-state index contributed by atoms with van der Waals surface area (Å²) in [6, 6.07) is 0. The number of nitrogens with zero attached hydrogens (tertiary/aromatic N) is 6. The van der Waals surface area contributed by atoms with Crippen molar-refractivity contribution in [1.29, 1.82) is 0 Å². The van der Waals surface area contributed by atoms with Gasteiger partial charge in [0, 0.05) is 30.7 Å². The fourth-order valence-corrected chi connectivity index (χ4v) is 7.67. The lowest BCUT2D eigenvalue weighted by Gasteiger charge is -2.26. The van der Waals surface area contributed by atoms with Gasteiger partial charge in [0.25, 0.3) is 5.56 Å². The van der Waals surface area contributed by atoms with E-state index in [0.717, 1.165) is 12.5 Å². The third-order valence-electron chi connectivity index (χ3n) is 7.33. The summed E-state index contributed by atoms with van der Waals surface area (Å²) >= 11 is 5.32. The average Bonchev–Trinajstić information content (AvgIpc) is 3.75. The van der Waals surface area contributed by atoms with Crippen LogP contribution in [-0.2, 0) is 43.9 Å². The van der Waals surface area contributed by atoms with E-state index >= 15 is 0 Å². The van der Waals surface area contributed by atoms with E-state index in [1.54, 1.807) is 17.9 Å². The van der Waals surface area contributed by atoms with Gasteiger partial charge in [-0.05, 0) is 11.8 Å². The molecule has 3 aliphatic heterocycles. The van der Waals surface area contributed by atoms with Crippen LogP contribution in [0.2, 0.25) is 0 Å². The average molecular weight is 657 g/mol. The summed E-state index contributed by atoms with van der Waals surface area (Å²) in [5, 5.41) is 2.69. The predicted octanol–water partition coefficient (Wildman–Crippen LogP) is 2.01. The van der Waals surface area contributed by atoms with Crippen molar-refractivity contribution in [2.75, 3.05) is 25.6 Å². The number of imidazole rings is 1. The Morgan fingerprint density at radius 1 is 1.14 bits per heavy atom. The van der Waals surface area contributed by atoms with Crippen molar-refractivity contribution in [3.63, 3.8) is 0 Å². The first-order valence-corrected chi connectivity index (χ1v) is 16.7. The van der Waals surface area contributed by atoms with Crippen molar-refractivity contribution in [2.24, 2.45) is 0 Å². The third-order valence-corrected chi connectivity index (χ3v) is 9.72. The number of halogens is 1. The van der Waals surface area contributed by atoms with Crippen LogP contribution in [0.1, 0.15) is 25.3 Å². The van der Waals surface area contributed by atoms with Crippen molar-refractivity contribution in [3.8, 4) is 0 Å². The lowest BCUT2D eigenvalue weighted by Crippen LogP contribution is -2.28. The Bertz CT molecular complexity index is 1820. The zero-order valence-corrected chi connectivity index (χ0v) is 24.8. The van der Waals surface area contributed by atoms with Crippen LogP contribution in [0.15, 0.2) is 30.0 Å². The van der Waals surface area contributed by atoms with Gasteiger partial charge in [0.15, 0.2) is 29.2 Å². The van der Waals surface area contributed by atoms with Crippen molar-refractivity contribution in [2.45, 2.75) is 49.7 Å².